The highest BCUT2D eigenvalue weighted by Gasteiger charge is 2.56. The van der Waals surface area contributed by atoms with Crippen molar-refractivity contribution < 1.29 is 19.4 Å². The van der Waals surface area contributed by atoms with Gasteiger partial charge in [0.05, 0.1) is 24.0 Å². The van der Waals surface area contributed by atoms with Crippen LogP contribution in [0.1, 0.15) is 39.5 Å². The Bertz CT molecular complexity index is 351. The molecule has 2 bridgehead atoms. The number of carboxylic acids is 1. The number of carbonyl (C=O) groups is 2. The summed E-state index contributed by atoms with van der Waals surface area (Å²) in [5.41, 5.74) is 0. The molecule has 2 aliphatic heterocycles. The SMILES string of the molecule is CCCN(CCC)C(=O)[C@@H]1[C@@H](C(=O)O)[C@H]2CC[C@H]1O2. The minimum absolute atomic E-state index is 0.0247. The van der Waals surface area contributed by atoms with Gasteiger partial charge in [-0.25, -0.2) is 0 Å². The Morgan fingerprint density at radius 1 is 1.11 bits per heavy atom. The van der Waals surface area contributed by atoms with Crippen molar-refractivity contribution in [2.24, 2.45) is 11.8 Å². The van der Waals surface area contributed by atoms with E-state index in [-0.39, 0.29) is 18.1 Å². The van der Waals surface area contributed by atoms with Gasteiger partial charge >= 0.3 is 5.97 Å². The molecule has 0 saturated carbocycles. The summed E-state index contributed by atoms with van der Waals surface area (Å²) in [5, 5.41) is 9.35. The molecule has 0 aliphatic carbocycles. The van der Waals surface area contributed by atoms with Gasteiger partial charge in [0, 0.05) is 13.1 Å². The van der Waals surface area contributed by atoms with Gasteiger partial charge in [-0.05, 0) is 25.7 Å². The summed E-state index contributed by atoms with van der Waals surface area (Å²) in [6.07, 6.45) is 2.93. The lowest BCUT2D eigenvalue weighted by molar-refractivity contribution is -0.150. The highest BCUT2D eigenvalue weighted by Crippen LogP contribution is 2.44. The highest BCUT2D eigenvalue weighted by atomic mass is 16.5. The first-order chi connectivity index (χ1) is 9.10. The number of rotatable bonds is 6. The number of hydrogen-bond donors (Lipinski definition) is 1. The number of carboxylic acid groups (broad SMARTS) is 1. The molecule has 5 heteroatoms. The second-order valence-corrected chi connectivity index (χ2v) is 5.51. The van der Waals surface area contributed by atoms with Crippen LogP contribution >= 0.6 is 0 Å². The number of aliphatic carboxylic acids is 1. The molecule has 0 spiro atoms. The van der Waals surface area contributed by atoms with Crippen molar-refractivity contribution in [1.82, 2.24) is 4.90 Å². The van der Waals surface area contributed by atoms with Crippen molar-refractivity contribution in [3.05, 3.63) is 0 Å². The maximum absolute atomic E-state index is 12.6. The Balaban J connectivity index is 2.13. The number of ether oxygens (including phenoxy) is 1. The maximum Gasteiger partial charge on any atom is 0.310 e. The number of fused-ring (bicyclic) bond motifs is 2. The number of hydrogen-bond acceptors (Lipinski definition) is 3. The van der Waals surface area contributed by atoms with Crippen LogP contribution in [0.2, 0.25) is 0 Å². The van der Waals surface area contributed by atoms with Gasteiger partial charge in [0.1, 0.15) is 0 Å². The maximum atomic E-state index is 12.6. The summed E-state index contributed by atoms with van der Waals surface area (Å²) < 4.78 is 5.66. The van der Waals surface area contributed by atoms with Gasteiger partial charge in [0.25, 0.3) is 0 Å². The molecular formula is C14H23NO4. The van der Waals surface area contributed by atoms with Gasteiger partial charge < -0.3 is 14.7 Å². The van der Waals surface area contributed by atoms with E-state index in [1.54, 1.807) is 0 Å². The molecule has 2 fully saturated rings. The molecule has 5 nitrogen and oxygen atoms in total. The predicted molar refractivity (Wildman–Crippen MR) is 69.7 cm³/mol. The van der Waals surface area contributed by atoms with Crippen LogP contribution in [0.15, 0.2) is 0 Å². The largest absolute Gasteiger partial charge is 0.481 e. The molecule has 0 aromatic heterocycles. The Kier molecular flexibility index (Phi) is 4.45. The number of nitrogens with zero attached hydrogens (tertiary/aromatic N) is 1. The van der Waals surface area contributed by atoms with Crippen LogP contribution in [-0.2, 0) is 14.3 Å². The first-order valence-electron chi connectivity index (χ1n) is 7.27. The monoisotopic (exact) mass is 269 g/mol. The number of amides is 1. The van der Waals surface area contributed by atoms with Gasteiger partial charge in [0.2, 0.25) is 5.91 Å². The van der Waals surface area contributed by atoms with Crippen molar-refractivity contribution in [3.8, 4) is 0 Å². The molecule has 19 heavy (non-hydrogen) atoms. The highest BCUT2D eigenvalue weighted by molar-refractivity contribution is 5.86. The lowest BCUT2D eigenvalue weighted by atomic mass is 9.78. The van der Waals surface area contributed by atoms with E-state index in [1.807, 2.05) is 18.7 Å². The topological polar surface area (TPSA) is 66.8 Å². The van der Waals surface area contributed by atoms with Gasteiger partial charge in [-0.1, -0.05) is 13.8 Å². The number of carbonyl (C=O) groups excluding carboxylic acids is 1. The van der Waals surface area contributed by atoms with Crippen LogP contribution in [-0.4, -0.2) is 47.2 Å². The third-order valence-electron chi connectivity index (χ3n) is 4.14. The van der Waals surface area contributed by atoms with Crippen LogP contribution in [0, 0.1) is 11.8 Å². The molecule has 108 valence electrons. The molecule has 2 saturated heterocycles. The van der Waals surface area contributed by atoms with Crippen LogP contribution in [0.4, 0.5) is 0 Å². The van der Waals surface area contributed by atoms with Crippen LogP contribution in [0.3, 0.4) is 0 Å². The van der Waals surface area contributed by atoms with E-state index >= 15 is 0 Å². The molecule has 2 rings (SSSR count). The molecule has 0 unspecified atom stereocenters. The molecule has 2 heterocycles. The minimum atomic E-state index is -0.890. The van der Waals surface area contributed by atoms with Crippen molar-refractivity contribution in [1.29, 1.82) is 0 Å². The van der Waals surface area contributed by atoms with Crippen molar-refractivity contribution >= 4 is 11.9 Å². The van der Waals surface area contributed by atoms with Crippen LogP contribution in [0.25, 0.3) is 0 Å². The molecular weight excluding hydrogens is 246 g/mol. The summed E-state index contributed by atoms with van der Waals surface area (Å²) in [6.45, 7) is 5.46. The fraction of sp³-hybridized carbons (Fsp3) is 0.857. The van der Waals surface area contributed by atoms with Gasteiger partial charge in [-0.3, -0.25) is 9.59 Å². The normalized spacial score (nSPS) is 32.5. The van der Waals surface area contributed by atoms with E-state index in [2.05, 4.69) is 0 Å². The lowest BCUT2D eigenvalue weighted by Gasteiger charge is -2.30. The average Bonchev–Trinajstić information content (AvgIpc) is 2.97. The smallest absolute Gasteiger partial charge is 0.310 e. The van der Waals surface area contributed by atoms with Crippen molar-refractivity contribution in [3.63, 3.8) is 0 Å². The van der Waals surface area contributed by atoms with Crippen LogP contribution < -0.4 is 0 Å². The average molecular weight is 269 g/mol. The third-order valence-corrected chi connectivity index (χ3v) is 4.14. The van der Waals surface area contributed by atoms with Gasteiger partial charge in [-0.15, -0.1) is 0 Å². The minimum Gasteiger partial charge on any atom is -0.481 e. The fourth-order valence-corrected chi connectivity index (χ4v) is 3.39. The first kappa shape index (κ1) is 14.3. The Labute approximate surface area is 113 Å². The lowest BCUT2D eigenvalue weighted by Crippen LogP contribution is -2.46. The molecule has 2 aliphatic rings. The predicted octanol–water partition coefficient (Wildman–Crippen LogP) is 1.51. The molecule has 0 aromatic rings. The second-order valence-electron chi connectivity index (χ2n) is 5.51. The fourth-order valence-electron chi connectivity index (χ4n) is 3.39. The van der Waals surface area contributed by atoms with Crippen LogP contribution in [0.5, 0.6) is 0 Å². The summed E-state index contributed by atoms with van der Waals surface area (Å²) >= 11 is 0. The summed E-state index contributed by atoms with van der Waals surface area (Å²) in [7, 11) is 0. The summed E-state index contributed by atoms with van der Waals surface area (Å²) in [5.74, 6) is -2.04. The molecule has 1 N–H and O–H groups in total. The Hall–Kier alpha value is -1.10. The van der Waals surface area contributed by atoms with Crippen molar-refractivity contribution in [2.75, 3.05) is 13.1 Å². The van der Waals surface area contributed by atoms with Gasteiger partial charge in [-0.2, -0.15) is 0 Å². The molecule has 1 amide bonds. The van der Waals surface area contributed by atoms with E-state index < -0.39 is 17.8 Å². The van der Waals surface area contributed by atoms with Crippen molar-refractivity contribution in [2.45, 2.75) is 51.7 Å². The zero-order valence-corrected chi connectivity index (χ0v) is 11.7. The molecule has 4 atom stereocenters. The zero-order valence-electron chi connectivity index (χ0n) is 11.7. The zero-order chi connectivity index (χ0) is 14.0. The van der Waals surface area contributed by atoms with Gasteiger partial charge in [0.15, 0.2) is 0 Å². The van der Waals surface area contributed by atoms with E-state index in [1.165, 1.54) is 0 Å². The standard InChI is InChI=1S/C14H23NO4/c1-3-7-15(8-4-2)13(16)11-9-5-6-10(19-9)12(11)14(17)18/h9-12H,3-8H2,1-2H3,(H,17,18)/t9-,10-,11+,12+/m1/s1. The molecule has 0 radical (unpaired) electrons. The second kappa shape index (κ2) is 5.90. The first-order valence-corrected chi connectivity index (χ1v) is 7.27. The quantitative estimate of drug-likeness (QED) is 0.793. The summed E-state index contributed by atoms with van der Waals surface area (Å²) in [6, 6.07) is 0. The van der Waals surface area contributed by atoms with E-state index in [0.29, 0.717) is 13.1 Å². The van der Waals surface area contributed by atoms with E-state index in [9.17, 15) is 14.7 Å². The van der Waals surface area contributed by atoms with E-state index in [4.69, 9.17) is 4.74 Å². The Morgan fingerprint density at radius 3 is 2.11 bits per heavy atom. The third kappa shape index (κ3) is 2.61. The molecule has 0 aromatic carbocycles. The van der Waals surface area contributed by atoms with E-state index in [0.717, 1.165) is 25.7 Å². The Morgan fingerprint density at radius 2 is 1.63 bits per heavy atom. The summed E-state index contributed by atoms with van der Waals surface area (Å²) in [4.78, 5) is 25.8.